The maximum Gasteiger partial charge on any atom is 0.416 e. The second-order valence-corrected chi connectivity index (χ2v) is 18.5. The molecule has 3 aliphatic heterocycles. The van der Waals surface area contributed by atoms with Crippen LogP contribution in [0.1, 0.15) is 77.2 Å². The summed E-state index contributed by atoms with van der Waals surface area (Å²) in [5, 5.41) is 0.465. The Morgan fingerprint density at radius 1 is 0.818 bits per heavy atom. The molecule has 19 heteroatoms. The highest BCUT2D eigenvalue weighted by Gasteiger charge is 2.50. The van der Waals surface area contributed by atoms with Gasteiger partial charge in [0.2, 0.25) is 17.7 Å². The summed E-state index contributed by atoms with van der Waals surface area (Å²) in [4.78, 5) is 60.2. The summed E-state index contributed by atoms with van der Waals surface area (Å²) in [5.41, 5.74) is -2.65. The molecule has 66 heavy (non-hydrogen) atoms. The van der Waals surface area contributed by atoms with Crippen molar-refractivity contribution in [3.63, 3.8) is 0 Å². The lowest BCUT2D eigenvalue weighted by Gasteiger charge is -2.46. The zero-order valence-electron chi connectivity index (χ0n) is 36.8. The molecule has 11 nitrogen and oxygen atoms in total. The number of likely N-dealkylation sites (N-methyl/N-ethyl adjacent to an activating group) is 1. The number of hydrogen-bond donors (Lipinski definition) is 0. The van der Waals surface area contributed by atoms with Crippen LogP contribution in [0.25, 0.3) is 0 Å². The molecular formula is C47H53Cl2F6N5O6. The first-order chi connectivity index (χ1) is 31.2. The molecule has 3 saturated heterocycles. The van der Waals surface area contributed by atoms with Gasteiger partial charge in [0.25, 0.3) is 5.91 Å². The molecule has 0 radical (unpaired) electrons. The molecule has 4 amide bonds. The van der Waals surface area contributed by atoms with Crippen LogP contribution in [0.2, 0.25) is 10.0 Å². The Balaban J connectivity index is 0.998. The molecule has 3 heterocycles. The van der Waals surface area contributed by atoms with Gasteiger partial charge in [-0.25, -0.2) is 0 Å². The summed E-state index contributed by atoms with van der Waals surface area (Å²) in [7, 11) is 1.70. The standard InChI is InChI=1S/C47H53Cl2F6N5O6/c1-31(61)58-18-20-59(21-19-58)41(62)8-5-14-56(2)42(63)29-65-40-26-32-6-3-4-7-37(32)44(40)11-15-57(16-12-44)17-13-45(34-9-10-38(48)39(49)28-34)30-60(22-23-66-45)43(64)33-24-35(46(50,51)52)27-36(25-33)47(53,54)55/h3-4,6-7,9-10,24-25,27-28,40H,5,8,11-23,26,29-30H2,1-2H3/t40-,45-/m0/s1. The highest BCUT2D eigenvalue weighted by atomic mass is 35.5. The first-order valence-corrected chi connectivity index (χ1v) is 22.8. The minimum absolute atomic E-state index is 0.000175. The van der Waals surface area contributed by atoms with E-state index in [0.717, 1.165) is 5.56 Å². The van der Waals surface area contributed by atoms with E-state index in [1.807, 2.05) is 12.1 Å². The Hall–Kier alpha value is -4.42. The van der Waals surface area contributed by atoms with Gasteiger partial charge in [-0.2, -0.15) is 26.3 Å². The maximum absolute atomic E-state index is 13.9. The molecule has 3 aromatic rings. The molecule has 0 aromatic heterocycles. The SMILES string of the molecule is CC(=O)N1CCN(C(=O)CCCN(C)C(=O)CO[C@H]2Cc3ccccc3C23CCN(CC[C@@]2(c4ccc(Cl)c(Cl)c4)CN(C(=O)c4cc(C(F)(F)F)cc(C(F)(F)F)c4)CCO2)CC3)CC1. The fraction of sp³-hybridized carbons (Fsp3) is 0.532. The Bertz CT molecular complexity index is 2250. The molecule has 358 valence electrons. The summed E-state index contributed by atoms with van der Waals surface area (Å²) in [5.74, 6) is -1.20. The van der Waals surface area contributed by atoms with E-state index < -0.39 is 40.6 Å². The number of ether oxygens (including phenoxy) is 2. The van der Waals surface area contributed by atoms with Crippen molar-refractivity contribution < 1.29 is 55.0 Å². The van der Waals surface area contributed by atoms with Crippen LogP contribution in [0.5, 0.6) is 0 Å². The molecule has 0 N–H and O–H groups in total. The van der Waals surface area contributed by atoms with Gasteiger partial charge in [-0.1, -0.05) is 53.5 Å². The summed E-state index contributed by atoms with van der Waals surface area (Å²) in [6.45, 7) is 5.19. The minimum Gasteiger partial charge on any atom is -0.367 e. The normalized spacial score (nSPS) is 21.2. The van der Waals surface area contributed by atoms with Gasteiger partial charge in [-0.3, -0.25) is 19.2 Å². The molecule has 3 aromatic carbocycles. The number of carbonyl (C=O) groups excluding carboxylic acids is 4. The number of carbonyl (C=O) groups is 4. The zero-order chi connectivity index (χ0) is 47.6. The number of piperazine rings is 1. The van der Waals surface area contributed by atoms with Crippen LogP contribution in [0, 0.1) is 0 Å². The molecule has 0 saturated carbocycles. The lowest BCUT2D eigenvalue weighted by molar-refractivity contribution is -0.143. The fourth-order valence-electron chi connectivity index (χ4n) is 9.85. The number of nitrogens with zero attached hydrogens (tertiary/aromatic N) is 5. The van der Waals surface area contributed by atoms with E-state index in [2.05, 4.69) is 17.0 Å². The predicted octanol–water partition coefficient (Wildman–Crippen LogP) is 7.69. The number of likely N-dealkylation sites (tertiary alicyclic amines) is 1. The molecule has 0 unspecified atom stereocenters. The lowest BCUT2D eigenvalue weighted by Crippen LogP contribution is -2.54. The summed E-state index contributed by atoms with van der Waals surface area (Å²) in [6.07, 6.45) is -7.43. The van der Waals surface area contributed by atoms with Crippen molar-refractivity contribution in [3.8, 4) is 0 Å². The van der Waals surface area contributed by atoms with Crippen LogP contribution in [0.3, 0.4) is 0 Å². The first kappa shape index (κ1) is 49.5. The molecule has 0 bridgehead atoms. The van der Waals surface area contributed by atoms with E-state index >= 15 is 0 Å². The van der Waals surface area contributed by atoms with Gasteiger partial charge in [0.05, 0.1) is 40.4 Å². The van der Waals surface area contributed by atoms with E-state index in [-0.39, 0.29) is 78.1 Å². The Morgan fingerprint density at radius 3 is 2.11 bits per heavy atom. The van der Waals surface area contributed by atoms with Crippen LogP contribution in [0.15, 0.2) is 60.7 Å². The second kappa shape index (κ2) is 20.0. The number of fused-ring (bicyclic) bond motifs is 2. The smallest absolute Gasteiger partial charge is 0.367 e. The Labute approximate surface area is 389 Å². The third kappa shape index (κ3) is 11.0. The fourth-order valence-corrected chi connectivity index (χ4v) is 10.1. The van der Waals surface area contributed by atoms with Crippen molar-refractivity contribution in [3.05, 3.63) is 104 Å². The van der Waals surface area contributed by atoms with E-state index in [9.17, 15) is 45.5 Å². The first-order valence-electron chi connectivity index (χ1n) is 22.1. The summed E-state index contributed by atoms with van der Waals surface area (Å²) < 4.78 is 95.6. The average molecular weight is 969 g/mol. The van der Waals surface area contributed by atoms with E-state index in [1.165, 1.54) is 17.4 Å². The minimum atomic E-state index is -5.13. The molecule has 3 fully saturated rings. The van der Waals surface area contributed by atoms with E-state index in [0.29, 0.717) is 102 Å². The van der Waals surface area contributed by atoms with E-state index in [1.54, 1.807) is 39.9 Å². The van der Waals surface area contributed by atoms with Gasteiger partial charge in [0.15, 0.2) is 0 Å². The zero-order valence-corrected chi connectivity index (χ0v) is 38.3. The number of piperidine rings is 1. The maximum atomic E-state index is 13.9. The van der Waals surface area contributed by atoms with Gasteiger partial charge in [0.1, 0.15) is 12.2 Å². The molecule has 2 atom stereocenters. The van der Waals surface area contributed by atoms with Crippen molar-refractivity contribution in [1.82, 2.24) is 24.5 Å². The van der Waals surface area contributed by atoms with Gasteiger partial charge < -0.3 is 34.0 Å². The van der Waals surface area contributed by atoms with Crippen molar-refractivity contribution >= 4 is 46.8 Å². The third-order valence-electron chi connectivity index (χ3n) is 13.7. The summed E-state index contributed by atoms with van der Waals surface area (Å²) >= 11 is 12.7. The number of amides is 4. The average Bonchev–Trinajstić information content (AvgIpc) is 3.59. The Morgan fingerprint density at radius 2 is 1.47 bits per heavy atom. The van der Waals surface area contributed by atoms with Crippen molar-refractivity contribution in [1.29, 1.82) is 0 Å². The van der Waals surface area contributed by atoms with Gasteiger partial charge >= 0.3 is 12.4 Å². The number of rotatable bonds is 12. The van der Waals surface area contributed by atoms with Crippen LogP contribution in [0.4, 0.5) is 26.3 Å². The topological polar surface area (TPSA) is 103 Å². The number of benzene rings is 3. The van der Waals surface area contributed by atoms with Crippen molar-refractivity contribution in [2.24, 2.45) is 0 Å². The number of morpholine rings is 1. The number of hydrogen-bond acceptors (Lipinski definition) is 7. The van der Waals surface area contributed by atoms with Gasteiger partial charge in [0, 0.05) is 77.2 Å². The molecule has 4 aliphatic rings. The lowest BCUT2D eigenvalue weighted by atomic mass is 9.72. The largest absolute Gasteiger partial charge is 0.416 e. The highest BCUT2D eigenvalue weighted by molar-refractivity contribution is 6.42. The second-order valence-electron chi connectivity index (χ2n) is 17.7. The molecular weight excluding hydrogens is 915 g/mol. The number of halogens is 8. The molecule has 1 aliphatic carbocycles. The van der Waals surface area contributed by atoms with Crippen LogP contribution in [-0.2, 0) is 53.6 Å². The van der Waals surface area contributed by atoms with Crippen molar-refractivity contribution in [2.45, 2.75) is 74.9 Å². The van der Waals surface area contributed by atoms with Crippen LogP contribution in [-0.4, -0.2) is 140 Å². The third-order valence-corrected chi connectivity index (χ3v) is 14.4. The van der Waals surface area contributed by atoms with Crippen LogP contribution >= 0.6 is 23.2 Å². The van der Waals surface area contributed by atoms with Gasteiger partial charge in [-0.15, -0.1) is 0 Å². The molecule has 1 spiro atoms. The van der Waals surface area contributed by atoms with Crippen molar-refractivity contribution in [2.75, 3.05) is 85.7 Å². The Kier molecular flexibility index (Phi) is 15.0. The monoisotopic (exact) mass is 967 g/mol. The predicted molar refractivity (Wildman–Crippen MR) is 234 cm³/mol. The number of alkyl halides is 6. The highest BCUT2D eigenvalue weighted by Crippen LogP contribution is 2.48. The van der Waals surface area contributed by atoms with E-state index in [4.69, 9.17) is 32.7 Å². The van der Waals surface area contributed by atoms with Gasteiger partial charge in [-0.05, 0) is 92.2 Å². The summed E-state index contributed by atoms with van der Waals surface area (Å²) in [6, 6.07) is 13.9. The quantitative estimate of drug-likeness (QED) is 0.172. The molecule has 7 rings (SSSR count). The van der Waals surface area contributed by atoms with Crippen LogP contribution < -0.4 is 0 Å².